The molecule has 2 aromatic carbocycles. The molecule has 1 fully saturated rings. The summed E-state index contributed by atoms with van der Waals surface area (Å²) in [6.07, 6.45) is 2.71. The third-order valence-corrected chi connectivity index (χ3v) is 7.29. The second-order valence-corrected chi connectivity index (χ2v) is 10.7. The van der Waals surface area contributed by atoms with Crippen molar-refractivity contribution in [3.8, 4) is 0 Å². The molecule has 0 spiro atoms. The van der Waals surface area contributed by atoms with Gasteiger partial charge in [-0.3, -0.25) is 0 Å². The van der Waals surface area contributed by atoms with Gasteiger partial charge in [0.1, 0.15) is 6.10 Å². The first-order valence-corrected chi connectivity index (χ1v) is 12.6. The molecule has 0 unspecified atom stereocenters. The minimum atomic E-state index is -3.92. The van der Waals surface area contributed by atoms with E-state index in [4.69, 9.17) is 4.74 Å². The highest BCUT2D eigenvalue weighted by Gasteiger charge is 2.34. The zero-order chi connectivity index (χ0) is 23.3. The van der Waals surface area contributed by atoms with Crippen LogP contribution in [-0.2, 0) is 19.6 Å². The van der Waals surface area contributed by atoms with Crippen molar-refractivity contribution < 1.29 is 17.9 Å². The molecule has 0 heterocycles. The van der Waals surface area contributed by atoms with Crippen molar-refractivity contribution in [3.05, 3.63) is 65.7 Å². The molecule has 1 N–H and O–H groups in total. The number of hydrazone groups is 1. The maximum atomic E-state index is 13.2. The van der Waals surface area contributed by atoms with Crippen LogP contribution in [0.25, 0.3) is 0 Å². The van der Waals surface area contributed by atoms with Gasteiger partial charge < -0.3 is 4.74 Å². The van der Waals surface area contributed by atoms with E-state index in [9.17, 15) is 13.2 Å². The van der Waals surface area contributed by atoms with Gasteiger partial charge in [0.15, 0.2) is 5.71 Å². The zero-order valence-corrected chi connectivity index (χ0v) is 19.9. The highest BCUT2D eigenvalue weighted by molar-refractivity contribution is 7.89. The number of hydrogen-bond donors (Lipinski definition) is 1. The monoisotopic (exact) mass is 456 g/mol. The van der Waals surface area contributed by atoms with E-state index < -0.39 is 16.0 Å². The fourth-order valence-electron chi connectivity index (χ4n) is 4.14. The number of hydrogen-bond acceptors (Lipinski definition) is 5. The minimum absolute atomic E-state index is 0.0537. The number of nitrogens with zero attached hydrogens (tertiary/aromatic N) is 1. The van der Waals surface area contributed by atoms with Crippen molar-refractivity contribution in [2.45, 2.75) is 58.0 Å². The predicted molar refractivity (Wildman–Crippen MR) is 126 cm³/mol. The fourth-order valence-corrected chi connectivity index (χ4v) is 4.95. The quantitative estimate of drug-likeness (QED) is 0.372. The number of sulfonamides is 1. The summed E-state index contributed by atoms with van der Waals surface area (Å²) in [7, 11) is -3.92. The largest absolute Gasteiger partial charge is 0.457 e. The number of benzene rings is 2. The third-order valence-electron chi connectivity index (χ3n) is 6.07. The average Bonchev–Trinajstić information content (AvgIpc) is 2.74. The molecular formula is C25H32N2O4S. The SMILES string of the molecule is Cc1ccc(S(=O)(=O)N/N=C(/C(=O)O[C@@H]2C[C@H](C)CC[C@H]2C(C)C)c2ccccc2)cc1. The number of carbonyl (C=O) groups excluding carboxylic acids is 1. The van der Waals surface area contributed by atoms with Gasteiger partial charge in [-0.25, -0.2) is 4.79 Å². The van der Waals surface area contributed by atoms with Gasteiger partial charge in [0.25, 0.3) is 10.0 Å². The van der Waals surface area contributed by atoms with Crippen LogP contribution in [0.5, 0.6) is 0 Å². The summed E-state index contributed by atoms with van der Waals surface area (Å²) in [5.74, 6) is 0.515. The van der Waals surface area contributed by atoms with Crippen molar-refractivity contribution in [2.24, 2.45) is 22.9 Å². The lowest BCUT2D eigenvalue weighted by molar-refractivity contribution is -0.147. The van der Waals surface area contributed by atoms with Crippen LogP contribution in [0.3, 0.4) is 0 Å². The maximum Gasteiger partial charge on any atom is 0.359 e. The van der Waals surface area contributed by atoms with Crippen molar-refractivity contribution in [1.29, 1.82) is 0 Å². The lowest BCUT2D eigenvalue weighted by Gasteiger charge is -2.36. The van der Waals surface area contributed by atoms with E-state index in [0.717, 1.165) is 24.8 Å². The Morgan fingerprint density at radius 1 is 1.06 bits per heavy atom. The highest BCUT2D eigenvalue weighted by atomic mass is 32.2. The van der Waals surface area contributed by atoms with Gasteiger partial charge in [-0.1, -0.05) is 75.2 Å². The fraction of sp³-hybridized carbons (Fsp3) is 0.440. The van der Waals surface area contributed by atoms with Crippen LogP contribution >= 0.6 is 0 Å². The summed E-state index contributed by atoms with van der Waals surface area (Å²) >= 11 is 0. The van der Waals surface area contributed by atoms with E-state index in [2.05, 4.69) is 30.7 Å². The van der Waals surface area contributed by atoms with Gasteiger partial charge in [0, 0.05) is 5.56 Å². The second kappa shape index (κ2) is 10.3. The molecule has 0 bridgehead atoms. The molecule has 0 amide bonds. The average molecular weight is 457 g/mol. The number of esters is 1. The molecule has 2 aromatic rings. The van der Waals surface area contributed by atoms with Gasteiger partial charge in [-0.15, -0.1) is 0 Å². The van der Waals surface area contributed by atoms with Crippen LogP contribution in [0.4, 0.5) is 0 Å². The smallest absolute Gasteiger partial charge is 0.359 e. The minimum Gasteiger partial charge on any atom is -0.457 e. The summed E-state index contributed by atoms with van der Waals surface area (Å²) < 4.78 is 31.3. The normalized spacial score (nSPS) is 21.9. The maximum absolute atomic E-state index is 13.2. The van der Waals surface area contributed by atoms with Crippen molar-refractivity contribution in [1.82, 2.24) is 4.83 Å². The molecule has 3 atom stereocenters. The number of aryl methyl sites for hydroxylation is 1. The summed E-state index contributed by atoms with van der Waals surface area (Å²) in [5, 5.41) is 4.02. The number of carbonyl (C=O) groups is 1. The van der Waals surface area contributed by atoms with Gasteiger partial charge in [0.05, 0.1) is 4.90 Å². The topological polar surface area (TPSA) is 84.8 Å². The molecule has 172 valence electrons. The van der Waals surface area contributed by atoms with Gasteiger partial charge in [0.2, 0.25) is 0 Å². The molecule has 0 aromatic heterocycles. The molecule has 1 saturated carbocycles. The Morgan fingerprint density at radius 3 is 2.34 bits per heavy atom. The molecule has 7 heteroatoms. The molecule has 0 saturated heterocycles. The second-order valence-electron chi connectivity index (χ2n) is 9.00. The third kappa shape index (κ3) is 5.97. The lowest BCUT2D eigenvalue weighted by atomic mass is 9.75. The first-order chi connectivity index (χ1) is 15.2. The van der Waals surface area contributed by atoms with Crippen molar-refractivity contribution >= 4 is 21.7 Å². The molecule has 32 heavy (non-hydrogen) atoms. The Hall–Kier alpha value is -2.67. The summed E-state index contributed by atoms with van der Waals surface area (Å²) in [6.45, 7) is 8.33. The first-order valence-electron chi connectivity index (χ1n) is 11.1. The Labute approximate surface area is 191 Å². The Morgan fingerprint density at radius 2 is 1.72 bits per heavy atom. The molecule has 1 aliphatic rings. The van der Waals surface area contributed by atoms with Gasteiger partial charge in [-0.2, -0.15) is 18.4 Å². The standard InChI is InChI=1S/C25H32N2O4S/c1-17(2)22-15-12-19(4)16-23(22)31-25(28)24(20-8-6-5-7-9-20)26-27-32(29,30)21-13-10-18(3)11-14-21/h5-11,13-14,17,19,22-23,27H,12,15-16H2,1-4H3/b26-24+/t19-,22+,23-/m1/s1. The van der Waals surface area contributed by atoms with Crippen LogP contribution in [0, 0.1) is 24.7 Å². The van der Waals surface area contributed by atoms with Crippen LogP contribution in [-0.4, -0.2) is 26.2 Å². The van der Waals surface area contributed by atoms with E-state index in [1.165, 1.54) is 12.1 Å². The molecular weight excluding hydrogens is 424 g/mol. The number of nitrogens with one attached hydrogen (secondary N) is 1. The molecule has 1 aliphatic carbocycles. The molecule has 0 radical (unpaired) electrons. The molecule has 6 nitrogen and oxygen atoms in total. The summed E-state index contributed by atoms with van der Waals surface area (Å²) in [4.78, 5) is 15.5. The lowest BCUT2D eigenvalue weighted by Crippen LogP contribution is -2.38. The van der Waals surface area contributed by atoms with Crippen LogP contribution in [0.2, 0.25) is 0 Å². The molecule has 3 rings (SSSR count). The Bertz CT molecular complexity index is 1050. The van der Waals surface area contributed by atoms with E-state index in [1.54, 1.807) is 36.4 Å². The van der Waals surface area contributed by atoms with Crippen LogP contribution < -0.4 is 4.83 Å². The predicted octanol–water partition coefficient (Wildman–Crippen LogP) is 4.68. The summed E-state index contributed by atoms with van der Waals surface area (Å²) in [6, 6.07) is 15.2. The van der Waals surface area contributed by atoms with Gasteiger partial charge in [-0.05, 0) is 49.7 Å². The number of ether oxygens (including phenoxy) is 1. The Kier molecular flexibility index (Phi) is 7.72. The zero-order valence-electron chi connectivity index (χ0n) is 19.1. The van der Waals surface area contributed by atoms with Crippen molar-refractivity contribution in [3.63, 3.8) is 0 Å². The number of rotatable bonds is 7. The first kappa shape index (κ1) is 24.0. The van der Waals surface area contributed by atoms with E-state index in [1.807, 2.05) is 13.0 Å². The Balaban J connectivity index is 1.87. The van der Waals surface area contributed by atoms with E-state index in [-0.39, 0.29) is 22.6 Å². The van der Waals surface area contributed by atoms with Crippen molar-refractivity contribution in [2.75, 3.05) is 0 Å². The molecule has 0 aliphatic heterocycles. The van der Waals surface area contributed by atoms with Gasteiger partial charge >= 0.3 is 5.97 Å². The van der Waals surface area contributed by atoms with Crippen LogP contribution in [0.15, 0.2) is 64.6 Å². The highest BCUT2D eigenvalue weighted by Crippen LogP contribution is 2.35. The van der Waals surface area contributed by atoms with Crippen LogP contribution in [0.1, 0.15) is 51.2 Å². The summed E-state index contributed by atoms with van der Waals surface area (Å²) in [5.41, 5.74) is 1.39. The van der Waals surface area contributed by atoms with E-state index in [0.29, 0.717) is 17.4 Å². The van der Waals surface area contributed by atoms with E-state index >= 15 is 0 Å².